The van der Waals surface area contributed by atoms with Gasteiger partial charge in [-0.05, 0) is 19.4 Å². The lowest BCUT2D eigenvalue weighted by molar-refractivity contribution is -0.0505. The monoisotopic (exact) mass is 253 g/mol. The fourth-order valence-corrected chi connectivity index (χ4v) is 2.06. The van der Waals surface area contributed by atoms with Gasteiger partial charge in [-0.15, -0.1) is 0 Å². The molecule has 0 radical (unpaired) electrons. The minimum absolute atomic E-state index is 0.0355. The van der Waals surface area contributed by atoms with Crippen molar-refractivity contribution in [3.8, 4) is 0 Å². The van der Waals surface area contributed by atoms with Crippen LogP contribution in [0.15, 0.2) is 12.3 Å². The highest BCUT2D eigenvalue weighted by Gasteiger charge is 2.20. The molecule has 1 aromatic rings. The van der Waals surface area contributed by atoms with Gasteiger partial charge in [-0.25, -0.2) is 0 Å². The number of aromatic nitrogens is 2. The van der Waals surface area contributed by atoms with Gasteiger partial charge in [0.2, 0.25) is 0 Å². The average molecular weight is 253 g/mol. The maximum Gasteiger partial charge on any atom is 0.159 e. The number of ether oxygens (including phenoxy) is 2. The highest BCUT2D eigenvalue weighted by molar-refractivity contribution is 5.02. The van der Waals surface area contributed by atoms with Gasteiger partial charge in [0.15, 0.2) is 6.29 Å². The number of hydrogen-bond donors (Lipinski definition) is 1. The van der Waals surface area contributed by atoms with Crippen LogP contribution >= 0.6 is 0 Å². The first-order valence-electron chi connectivity index (χ1n) is 6.72. The fraction of sp³-hybridized carbons (Fsp3) is 0.769. The van der Waals surface area contributed by atoms with Crippen LogP contribution in [0.3, 0.4) is 0 Å². The molecule has 0 saturated carbocycles. The second-order valence-electron chi connectivity index (χ2n) is 4.92. The third-order valence-electron chi connectivity index (χ3n) is 3.36. The molecule has 2 heterocycles. The zero-order valence-corrected chi connectivity index (χ0v) is 11.2. The van der Waals surface area contributed by atoms with E-state index in [1.807, 2.05) is 16.9 Å². The Bertz CT molecular complexity index is 361. The van der Waals surface area contributed by atoms with Crippen LogP contribution in [0.5, 0.6) is 0 Å². The van der Waals surface area contributed by atoms with E-state index in [0.717, 1.165) is 25.0 Å². The minimum atomic E-state index is -0.128. The Kier molecular flexibility index (Phi) is 4.74. The van der Waals surface area contributed by atoms with Crippen molar-refractivity contribution in [3.05, 3.63) is 18.0 Å². The summed E-state index contributed by atoms with van der Waals surface area (Å²) in [6, 6.07) is 2.52. The van der Waals surface area contributed by atoms with Crippen molar-refractivity contribution in [2.45, 2.75) is 51.5 Å². The molecule has 0 aliphatic carbocycles. The second-order valence-corrected chi connectivity index (χ2v) is 4.92. The van der Waals surface area contributed by atoms with Crippen LogP contribution < -0.4 is 5.73 Å². The molecule has 2 atom stereocenters. The molecule has 5 nitrogen and oxygen atoms in total. The molecule has 2 unspecified atom stereocenters. The molecule has 2 rings (SSSR count). The van der Waals surface area contributed by atoms with Crippen molar-refractivity contribution < 1.29 is 9.47 Å². The molecule has 1 aliphatic rings. The molecule has 1 aromatic heterocycles. The first-order chi connectivity index (χ1) is 8.69. The molecule has 1 aliphatic heterocycles. The van der Waals surface area contributed by atoms with Crippen LogP contribution in [-0.4, -0.2) is 35.3 Å². The Morgan fingerprint density at radius 2 is 2.22 bits per heavy atom. The Morgan fingerprint density at radius 3 is 2.89 bits per heavy atom. The summed E-state index contributed by atoms with van der Waals surface area (Å²) in [5.74, 6) is 0. The Labute approximate surface area is 108 Å². The van der Waals surface area contributed by atoms with E-state index in [0.29, 0.717) is 19.3 Å². The molecule has 1 saturated heterocycles. The van der Waals surface area contributed by atoms with Gasteiger partial charge in [0.25, 0.3) is 0 Å². The van der Waals surface area contributed by atoms with E-state index >= 15 is 0 Å². The fourth-order valence-electron chi connectivity index (χ4n) is 2.06. The molecule has 18 heavy (non-hydrogen) atoms. The van der Waals surface area contributed by atoms with E-state index in [4.69, 9.17) is 15.2 Å². The van der Waals surface area contributed by atoms with Gasteiger partial charge in [-0.3, -0.25) is 4.68 Å². The predicted octanol–water partition coefficient (Wildman–Crippen LogP) is 1.49. The van der Waals surface area contributed by atoms with Crippen LogP contribution in [0.4, 0.5) is 0 Å². The third-order valence-corrected chi connectivity index (χ3v) is 3.36. The maximum absolute atomic E-state index is 6.09. The first-order valence-corrected chi connectivity index (χ1v) is 6.72. The highest BCUT2D eigenvalue weighted by atomic mass is 16.7. The molecule has 0 aromatic carbocycles. The van der Waals surface area contributed by atoms with Gasteiger partial charge in [0.05, 0.1) is 18.9 Å². The van der Waals surface area contributed by atoms with Gasteiger partial charge in [-0.1, -0.05) is 6.92 Å². The van der Waals surface area contributed by atoms with Crippen molar-refractivity contribution >= 4 is 0 Å². The standard InChI is InChI=1S/C13H23N3O2/c1-3-10(2)16-5-4-12(15-16)8-11(14)9-13-17-6-7-18-13/h4-5,10-11,13H,3,6-9,14H2,1-2H3. The van der Waals surface area contributed by atoms with Crippen molar-refractivity contribution in [1.29, 1.82) is 0 Å². The zero-order valence-electron chi connectivity index (χ0n) is 11.2. The number of hydrogen-bond acceptors (Lipinski definition) is 4. The summed E-state index contributed by atoms with van der Waals surface area (Å²) in [6.07, 6.45) is 4.48. The number of nitrogens with two attached hydrogens (primary N) is 1. The lowest BCUT2D eigenvalue weighted by atomic mass is 10.1. The highest BCUT2D eigenvalue weighted by Crippen LogP contribution is 2.13. The normalized spacial score (nSPS) is 20.2. The van der Waals surface area contributed by atoms with Gasteiger partial charge in [0.1, 0.15) is 0 Å². The van der Waals surface area contributed by atoms with E-state index in [-0.39, 0.29) is 12.3 Å². The molecule has 0 bridgehead atoms. The van der Waals surface area contributed by atoms with Crippen molar-refractivity contribution in [2.75, 3.05) is 13.2 Å². The van der Waals surface area contributed by atoms with Crippen LogP contribution in [0, 0.1) is 0 Å². The summed E-state index contributed by atoms with van der Waals surface area (Å²) in [5.41, 5.74) is 7.14. The Balaban J connectivity index is 1.82. The number of rotatable bonds is 6. The Hall–Kier alpha value is -0.910. The lowest BCUT2D eigenvalue weighted by Gasteiger charge is -2.14. The van der Waals surface area contributed by atoms with Gasteiger partial charge >= 0.3 is 0 Å². The summed E-state index contributed by atoms with van der Waals surface area (Å²) in [4.78, 5) is 0. The van der Waals surface area contributed by atoms with Gasteiger partial charge in [0, 0.05) is 31.1 Å². The summed E-state index contributed by atoms with van der Waals surface area (Å²) < 4.78 is 12.8. The summed E-state index contributed by atoms with van der Waals surface area (Å²) in [6.45, 7) is 5.68. The SMILES string of the molecule is CCC(C)n1ccc(CC(N)CC2OCCO2)n1. The van der Waals surface area contributed by atoms with E-state index in [1.54, 1.807) is 0 Å². The molecule has 5 heteroatoms. The van der Waals surface area contributed by atoms with Crippen LogP contribution in [0.25, 0.3) is 0 Å². The largest absolute Gasteiger partial charge is 0.350 e. The first kappa shape index (κ1) is 13.5. The van der Waals surface area contributed by atoms with Crippen molar-refractivity contribution in [1.82, 2.24) is 9.78 Å². The Morgan fingerprint density at radius 1 is 1.50 bits per heavy atom. The number of nitrogens with zero attached hydrogens (tertiary/aromatic N) is 2. The average Bonchev–Trinajstić information content (AvgIpc) is 2.99. The predicted molar refractivity (Wildman–Crippen MR) is 69.2 cm³/mol. The maximum atomic E-state index is 6.09. The quantitative estimate of drug-likeness (QED) is 0.834. The van der Waals surface area contributed by atoms with Crippen molar-refractivity contribution in [2.24, 2.45) is 5.73 Å². The zero-order chi connectivity index (χ0) is 13.0. The molecule has 0 spiro atoms. The van der Waals surface area contributed by atoms with E-state index in [1.165, 1.54) is 0 Å². The molecule has 102 valence electrons. The van der Waals surface area contributed by atoms with Crippen LogP contribution in [0.1, 0.15) is 38.4 Å². The third kappa shape index (κ3) is 3.54. The topological polar surface area (TPSA) is 62.3 Å². The molecule has 0 amide bonds. The molecular formula is C13H23N3O2. The summed E-state index contributed by atoms with van der Waals surface area (Å²) in [5, 5.41) is 4.55. The second kappa shape index (κ2) is 6.31. The molecule has 2 N–H and O–H groups in total. The molecular weight excluding hydrogens is 230 g/mol. The van der Waals surface area contributed by atoms with E-state index < -0.39 is 0 Å². The van der Waals surface area contributed by atoms with E-state index in [9.17, 15) is 0 Å². The minimum Gasteiger partial charge on any atom is -0.350 e. The molecule has 1 fully saturated rings. The van der Waals surface area contributed by atoms with Gasteiger partial charge < -0.3 is 15.2 Å². The van der Waals surface area contributed by atoms with Crippen molar-refractivity contribution in [3.63, 3.8) is 0 Å². The van der Waals surface area contributed by atoms with E-state index in [2.05, 4.69) is 18.9 Å². The van der Waals surface area contributed by atoms with Crippen LogP contribution in [0.2, 0.25) is 0 Å². The summed E-state index contributed by atoms with van der Waals surface area (Å²) >= 11 is 0. The summed E-state index contributed by atoms with van der Waals surface area (Å²) in [7, 11) is 0. The van der Waals surface area contributed by atoms with Crippen LogP contribution in [-0.2, 0) is 15.9 Å². The van der Waals surface area contributed by atoms with Gasteiger partial charge in [-0.2, -0.15) is 5.10 Å². The smallest absolute Gasteiger partial charge is 0.159 e. The lowest BCUT2D eigenvalue weighted by Crippen LogP contribution is -2.29.